The average Bonchev–Trinajstić information content (AvgIpc) is 4.03. The number of nitrogens with zero attached hydrogens (tertiary/aromatic N) is 6. The van der Waals surface area contributed by atoms with E-state index in [1.165, 1.54) is 36.5 Å². The zero-order valence-electron chi connectivity index (χ0n) is 30.9. The minimum absolute atomic E-state index is 0.563. The van der Waals surface area contributed by atoms with Gasteiger partial charge in [-0.15, -0.1) is 11.3 Å². The van der Waals surface area contributed by atoms with Crippen LogP contribution < -0.4 is 0 Å². The molecule has 0 N–H and O–H groups in total. The highest BCUT2D eigenvalue weighted by molar-refractivity contribution is 7.26. The number of hydrogen-bond acceptors (Lipinski definition) is 4. The first-order valence-electron chi connectivity index (χ1n) is 19.5. The second-order valence-electron chi connectivity index (χ2n) is 14.8. The summed E-state index contributed by atoms with van der Waals surface area (Å²) < 4.78 is 9.36. The van der Waals surface area contributed by atoms with Gasteiger partial charge in [0, 0.05) is 63.7 Å². The van der Waals surface area contributed by atoms with E-state index in [2.05, 4.69) is 196 Å². The predicted octanol–water partition coefficient (Wildman–Crippen LogP) is 13.2. The van der Waals surface area contributed by atoms with Gasteiger partial charge in [0.15, 0.2) is 5.82 Å². The molecule has 0 spiro atoms. The summed E-state index contributed by atoms with van der Waals surface area (Å²) >= 11 is 1.85. The Morgan fingerprint density at radius 3 is 1.36 bits per heavy atom. The molecule has 0 aliphatic rings. The van der Waals surface area contributed by atoms with Crippen LogP contribution in [0.3, 0.4) is 0 Å². The van der Waals surface area contributed by atoms with Gasteiger partial charge in [0.05, 0.1) is 33.1 Å². The fourth-order valence-electron chi connectivity index (χ4n) is 9.28. The molecule has 5 heterocycles. The smallest absolute Gasteiger partial charge is 0.240 e. The van der Waals surface area contributed by atoms with Crippen molar-refractivity contribution in [3.63, 3.8) is 0 Å². The van der Waals surface area contributed by atoms with Crippen LogP contribution in [0.1, 0.15) is 0 Å². The van der Waals surface area contributed by atoms with E-state index in [-0.39, 0.29) is 0 Å². The summed E-state index contributed by atoms with van der Waals surface area (Å²) in [6.07, 6.45) is 0. The van der Waals surface area contributed by atoms with Crippen LogP contribution in [0.2, 0.25) is 0 Å². The number of aromatic nitrogens is 6. The summed E-state index contributed by atoms with van der Waals surface area (Å²) in [5.41, 5.74) is 8.48. The first kappa shape index (κ1) is 31.6. The first-order valence-corrected chi connectivity index (χ1v) is 20.3. The molecule has 58 heavy (non-hydrogen) atoms. The summed E-state index contributed by atoms with van der Waals surface area (Å²) in [5, 5.41) is 9.62. The molecule has 0 bridgehead atoms. The molecule has 0 fully saturated rings. The molecule has 0 aliphatic carbocycles. The van der Waals surface area contributed by atoms with Crippen LogP contribution in [0.25, 0.3) is 115 Å². The van der Waals surface area contributed by atoms with Crippen molar-refractivity contribution < 1.29 is 0 Å². The monoisotopic (exact) mass is 758 g/mol. The third kappa shape index (κ3) is 4.39. The van der Waals surface area contributed by atoms with E-state index in [0.717, 1.165) is 60.4 Å². The molecule has 13 rings (SSSR count). The molecule has 0 saturated heterocycles. The fourth-order valence-corrected chi connectivity index (χ4v) is 10.4. The molecule has 6 nitrogen and oxygen atoms in total. The van der Waals surface area contributed by atoms with E-state index in [0.29, 0.717) is 17.7 Å². The largest absolute Gasteiger partial charge is 0.309 e. The Balaban J connectivity index is 1.11. The van der Waals surface area contributed by atoms with Gasteiger partial charge in [-0.1, -0.05) is 127 Å². The highest BCUT2D eigenvalue weighted by Gasteiger charge is 2.22. The van der Waals surface area contributed by atoms with Gasteiger partial charge in [0.25, 0.3) is 0 Å². The molecule has 7 heteroatoms. The second kappa shape index (κ2) is 11.9. The van der Waals surface area contributed by atoms with E-state index in [4.69, 9.17) is 15.0 Å². The minimum atomic E-state index is 0.563. The lowest BCUT2D eigenvalue weighted by Crippen LogP contribution is -2.10. The standard InChI is InChI=1S/C51H30N6S/c1-8-23-41-33(16-1)34-17-2-9-24-42(34)56(41)50-52-49(53-51(54-50)57-43-25-10-3-18-35(43)36-19-4-11-26-44(36)57)31-14-13-15-32(30-31)55-40-22-7-5-20-37(40)38-28-29-46-47(48(38)55)39-21-6-12-27-45(39)58-46/h1-30H. The molecule has 0 aliphatic heterocycles. The Labute approximate surface area is 335 Å². The fraction of sp³-hybridized carbons (Fsp3) is 0. The Hall–Kier alpha value is -7.61. The van der Waals surface area contributed by atoms with Crippen molar-refractivity contribution in [1.82, 2.24) is 28.7 Å². The van der Waals surface area contributed by atoms with Gasteiger partial charge in [-0.2, -0.15) is 15.0 Å². The number of para-hydroxylation sites is 5. The van der Waals surface area contributed by atoms with Crippen molar-refractivity contribution in [3.05, 3.63) is 182 Å². The normalized spacial score (nSPS) is 12.1. The molecule has 270 valence electrons. The van der Waals surface area contributed by atoms with E-state index in [1.54, 1.807) is 0 Å². The van der Waals surface area contributed by atoms with Gasteiger partial charge in [-0.3, -0.25) is 9.13 Å². The van der Waals surface area contributed by atoms with Gasteiger partial charge in [-0.25, -0.2) is 0 Å². The maximum absolute atomic E-state index is 5.37. The molecule has 0 saturated carbocycles. The van der Waals surface area contributed by atoms with E-state index in [9.17, 15) is 0 Å². The lowest BCUT2D eigenvalue weighted by molar-refractivity contribution is 0.892. The summed E-state index contributed by atoms with van der Waals surface area (Å²) in [4.78, 5) is 16.1. The third-order valence-corrected chi connectivity index (χ3v) is 12.8. The third-order valence-electron chi connectivity index (χ3n) is 11.7. The summed E-state index contributed by atoms with van der Waals surface area (Å²) in [6, 6.07) is 64.7. The molecule has 0 atom stereocenters. The first-order chi connectivity index (χ1) is 28.8. The molecule has 0 unspecified atom stereocenters. The van der Waals surface area contributed by atoms with Crippen molar-refractivity contribution in [2.75, 3.05) is 0 Å². The molecule has 8 aromatic carbocycles. The topological polar surface area (TPSA) is 53.5 Å². The Morgan fingerprint density at radius 1 is 0.345 bits per heavy atom. The van der Waals surface area contributed by atoms with Crippen LogP contribution in [-0.4, -0.2) is 28.7 Å². The summed E-state index contributed by atoms with van der Waals surface area (Å²) in [5.74, 6) is 1.72. The van der Waals surface area contributed by atoms with Crippen molar-refractivity contribution in [1.29, 1.82) is 0 Å². The number of hydrogen-bond donors (Lipinski definition) is 0. The van der Waals surface area contributed by atoms with Gasteiger partial charge in [0.1, 0.15) is 0 Å². The highest BCUT2D eigenvalue weighted by Crippen LogP contribution is 2.43. The van der Waals surface area contributed by atoms with Crippen molar-refractivity contribution in [2.24, 2.45) is 0 Å². The average molecular weight is 759 g/mol. The van der Waals surface area contributed by atoms with Crippen LogP contribution in [0.15, 0.2) is 182 Å². The number of fused-ring (bicyclic) bond motifs is 13. The summed E-state index contributed by atoms with van der Waals surface area (Å²) in [7, 11) is 0. The van der Waals surface area contributed by atoms with Crippen molar-refractivity contribution in [3.8, 4) is 29.0 Å². The molecular weight excluding hydrogens is 729 g/mol. The Bertz CT molecular complexity index is 3590. The maximum atomic E-state index is 5.37. The highest BCUT2D eigenvalue weighted by atomic mass is 32.1. The number of thiophene rings is 1. The number of benzene rings is 8. The van der Waals surface area contributed by atoms with Gasteiger partial charge in [0.2, 0.25) is 11.9 Å². The quantitative estimate of drug-likeness (QED) is 0.180. The Morgan fingerprint density at radius 2 is 0.810 bits per heavy atom. The van der Waals surface area contributed by atoms with Crippen LogP contribution in [-0.2, 0) is 0 Å². The van der Waals surface area contributed by atoms with Crippen molar-refractivity contribution in [2.45, 2.75) is 0 Å². The number of rotatable bonds is 4. The SMILES string of the molecule is c1cc(-c2nc(-n3c4ccccc4c4ccccc43)nc(-n3c4ccccc4c4ccccc43)n2)cc(-n2c3ccccc3c3ccc4sc5ccccc5c4c32)c1. The molecule has 5 aromatic heterocycles. The zero-order chi connectivity index (χ0) is 37.9. The minimum Gasteiger partial charge on any atom is -0.309 e. The van der Waals surface area contributed by atoms with Gasteiger partial charge < -0.3 is 4.57 Å². The van der Waals surface area contributed by atoms with Crippen LogP contribution in [0.4, 0.5) is 0 Å². The molecule has 13 aromatic rings. The maximum Gasteiger partial charge on any atom is 0.240 e. The lowest BCUT2D eigenvalue weighted by Gasteiger charge is -2.14. The van der Waals surface area contributed by atoms with Crippen molar-refractivity contribution >= 4 is 96.9 Å². The van der Waals surface area contributed by atoms with E-state index in [1.807, 2.05) is 11.3 Å². The van der Waals surface area contributed by atoms with Gasteiger partial charge in [-0.05, 0) is 54.6 Å². The molecular formula is C51H30N6S. The predicted molar refractivity (Wildman–Crippen MR) is 241 cm³/mol. The zero-order valence-corrected chi connectivity index (χ0v) is 31.7. The van der Waals surface area contributed by atoms with Gasteiger partial charge >= 0.3 is 0 Å². The van der Waals surface area contributed by atoms with E-state index >= 15 is 0 Å². The van der Waals surface area contributed by atoms with E-state index < -0.39 is 0 Å². The summed E-state index contributed by atoms with van der Waals surface area (Å²) in [6.45, 7) is 0. The Kier molecular flexibility index (Phi) is 6.50. The molecule has 0 amide bonds. The van der Waals surface area contributed by atoms with Crippen LogP contribution in [0, 0.1) is 0 Å². The molecule has 0 radical (unpaired) electrons. The second-order valence-corrected chi connectivity index (χ2v) is 15.9. The lowest BCUT2D eigenvalue weighted by atomic mass is 10.1. The van der Waals surface area contributed by atoms with Crippen LogP contribution in [0.5, 0.6) is 0 Å². The van der Waals surface area contributed by atoms with Crippen LogP contribution >= 0.6 is 11.3 Å².